The second-order valence-electron chi connectivity index (χ2n) is 4.05. The number of nitrogens with one attached hydrogen (secondary N) is 1. The highest BCUT2D eigenvalue weighted by Crippen LogP contribution is 1.96. The van der Waals surface area contributed by atoms with Crippen LogP contribution in [0.25, 0.3) is 0 Å². The summed E-state index contributed by atoms with van der Waals surface area (Å²) in [4.78, 5) is 1.97. The zero-order valence-electron chi connectivity index (χ0n) is 9.95. The van der Waals surface area contributed by atoms with Crippen LogP contribution in [-0.2, 0) is 4.74 Å². The van der Waals surface area contributed by atoms with E-state index in [1.54, 1.807) is 7.11 Å². The van der Waals surface area contributed by atoms with Crippen LogP contribution in [0.3, 0.4) is 0 Å². The van der Waals surface area contributed by atoms with Gasteiger partial charge in [0.2, 0.25) is 0 Å². The molecule has 3 atom stereocenters. The maximum absolute atomic E-state index is 9.58. The summed E-state index contributed by atoms with van der Waals surface area (Å²) in [5, 5.41) is 12.8. The van der Waals surface area contributed by atoms with Crippen LogP contribution in [0.4, 0.5) is 0 Å². The van der Waals surface area contributed by atoms with Gasteiger partial charge in [0.1, 0.15) is 0 Å². The largest absolute Gasteiger partial charge is 0.390 e. The van der Waals surface area contributed by atoms with Gasteiger partial charge in [-0.15, -0.1) is 0 Å². The van der Waals surface area contributed by atoms with Crippen molar-refractivity contribution >= 4 is 0 Å². The van der Waals surface area contributed by atoms with Crippen molar-refractivity contribution in [2.24, 2.45) is 0 Å². The van der Waals surface area contributed by atoms with Gasteiger partial charge in [-0.25, -0.2) is 0 Å². The number of hydrogen-bond donors (Lipinski definition) is 2. The molecule has 2 N–H and O–H groups in total. The Morgan fingerprint density at radius 3 is 2.36 bits per heavy atom. The molecule has 0 aliphatic carbocycles. The Hall–Kier alpha value is -0.160. The van der Waals surface area contributed by atoms with Crippen LogP contribution >= 0.6 is 0 Å². The molecule has 0 rings (SSSR count). The van der Waals surface area contributed by atoms with E-state index in [1.807, 2.05) is 25.9 Å². The van der Waals surface area contributed by atoms with Gasteiger partial charge >= 0.3 is 0 Å². The molecule has 0 heterocycles. The number of likely N-dealkylation sites (N-methyl/N-ethyl adjacent to an activating group) is 1. The van der Waals surface area contributed by atoms with Crippen LogP contribution in [0.1, 0.15) is 13.8 Å². The van der Waals surface area contributed by atoms with E-state index in [-0.39, 0.29) is 18.2 Å². The van der Waals surface area contributed by atoms with Crippen molar-refractivity contribution in [3.8, 4) is 0 Å². The Morgan fingerprint density at radius 1 is 1.36 bits per heavy atom. The number of ether oxygens (including phenoxy) is 1. The van der Waals surface area contributed by atoms with Gasteiger partial charge in [0.25, 0.3) is 0 Å². The summed E-state index contributed by atoms with van der Waals surface area (Å²) >= 11 is 0. The van der Waals surface area contributed by atoms with E-state index >= 15 is 0 Å². The highest BCUT2D eigenvalue weighted by Gasteiger charge is 2.12. The van der Waals surface area contributed by atoms with Gasteiger partial charge in [-0.3, -0.25) is 0 Å². The Morgan fingerprint density at radius 2 is 1.93 bits per heavy atom. The minimum Gasteiger partial charge on any atom is -0.390 e. The van der Waals surface area contributed by atoms with E-state index < -0.39 is 0 Å². The molecule has 0 aliphatic heterocycles. The van der Waals surface area contributed by atoms with Gasteiger partial charge in [0.05, 0.1) is 12.2 Å². The number of methoxy groups -OCH3 is 1. The van der Waals surface area contributed by atoms with Crippen LogP contribution in [0.5, 0.6) is 0 Å². The molecule has 4 heteroatoms. The standard InChI is InChI=1S/C10H24N2O2/c1-8(9(2)14-5)11-6-10(13)7-12(3)4/h8-11,13H,6-7H2,1-5H3. The molecule has 0 saturated heterocycles. The fourth-order valence-electron chi connectivity index (χ4n) is 1.18. The monoisotopic (exact) mass is 204 g/mol. The van der Waals surface area contributed by atoms with E-state index in [1.165, 1.54) is 0 Å². The highest BCUT2D eigenvalue weighted by atomic mass is 16.5. The van der Waals surface area contributed by atoms with E-state index in [0.717, 1.165) is 0 Å². The number of nitrogens with zero attached hydrogens (tertiary/aromatic N) is 1. The van der Waals surface area contributed by atoms with E-state index in [0.29, 0.717) is 13.1 Å². The van der Waals surface area contributed by atoms with E-state index in [4.69, 9.17) is 4.74 Å². The summed E-state index contributed by atoms with van der Waals surface area (Å²) in [7, 11) is 5.59. The first-order valence-electron chi connectivity index (χ1n) is 5.06. The quantitative estimate of drug-likeness (QED) is 0.609. The number of aliphatic hydroxyl groups excluding tert-OH is 1. The summed E-state index contributed by atoms with van der Waals surface area (Å²) in [6, 6.07) is 0.261. The Bertz CT molecular complexity index is 142. The van der Waals surface area contributed by atoms with Gasteiger partial charge in [-0.2, -0.15) is 0 Å². The number of rotatable bonds is 7. The molecule has 0 amide bonds. The molecule has 0 spiro atoms. The lowest BCUT2D eigenvalue weighted by Gasteiger charge is -2.23. The third-order valence-electron chi connectivity index (χ3n) is 2.33. The highest BCUT2D eigenvalue weighted by molar-refractivity contribution is 4.71. The molecule has 0 saturated carbocycles. The van der Waals surface area contributed by atoms with Gasteiger partial charge < -0.3 is 20.1 Å². The first kappa shape index (κ1) is 13.8. The van der Waals surface area contributed by atoms with Crippen LogP contribution in [0, 0.1) is 0 Å². The van der Waals surface area contributed by atoms with E-state index in [2.05, 4.69) is 12.2 Å². The molecular formula is C10H24N2O2. The molecule has 14 heavy (non-hydrogen) atoms. The topological polar surface area (TPSA) is 44.7 Å². The Balaban J connectivity index is 3.60. The first-order valence-corrected chi connectivity index (χ1v) is 5.06. The Kier molecular flexibility index (Phi) is 7.09. The van der Waals surface area contributed by atoms with Crippen molar-refractivity contribution in [3.05, 3.63) is 0 Å². The average molecular weight is 204 g/mol. The number of hydrogen-bond acceptors (Lipinski definition) is 4. The molecule has 0 radical (unpaired) electrons. The lowest BCUT2D eigenvalue weighted by atomic mass is 10.2. The molecule has 86 valence electrons. The molecule has 0 aromatic heterocycles. The predicted molar refractivity (Wildman–Crippen MR) is 58.5 cm³/mol. The zero-order chi connectivity index (χ0) is 11.1. The smallest absolute Gasteiger partial charge is 0.0791 e. The van der Waals surface area contributed by atoms with Gasteiger partial charge in [-0.1, -0.05) is 0 Å². The third kappa shape index (κ3) is 6.32. The lowest BCUT2D eigenvalue weighted by Crippen LogP contribution is -2.43. The van der Waals surface area contributed by atoms with Crippen LogP contribution in [-0.4, -0.2) is 62.6 Å². The predicted octanol–water partition coefficient (Wildman–Crippen LogP) is -0.0781. The van der Waals surface area contributed by atoms with Crippen LogP contribution in [0.2, 0.25) is 0 Å². The average Bonchev–Trinajstić information content (AvgIpc) is 2.11. The van der Waals surface area contributed by atoms with Crippen molar-refractivity contribution in [2.45, 2.75) is 32.1 Å². The van der Waals surface area contributed by atoms with Crippen molar-refractivity contribution < 1.29 is 9.84 Å². The molecule has 4 nitrogen and oxygen atoms in total. The SMILES string of the molecule is COC(C)C(C)NCC(O)CN(C)C. The van der Waals surface area contributed by atoms with Crippen LogP contribution in [0.15, 0.2) is 0 Å². The fourth-order valence-corrected chi connectivity index (χ4v) is 1.18. The summed E-state index contributed by atoms with van der Waals surface area (Å²) in [6.45, 7) is 5.35. The second-order valence-corrected chi connectivity index (χ2v) is 4.05. The van der Waals surface area contributed by atoms with Crippen molar-refractivity contribution in [1.29, 1.82) is 0 Å². The van der Waals surface area contributed by atoms with Gasteiger partial charge in [0.15, 0.2) is 0 Å². The first-order chi connectivity index (χ1) is 6.47. The van der Waals surface area contributed by atoms with E-state index in [9.17, 15) is 5.11 Å². The maximum atomic E-state index is 9.58. The zero-order valence-corrected chi connectivity index (χ0v) is 9.95. The third-order valence-corrected chi connectivity index (χ3v) is 2.33. The molecule has 0 aliphatic rings. The summed E-state index contributed by atoms with van der Waals surface area (Å²) in [6.07, 6.45) is -0.155. The minimum atomic E-state index is -0.323. The minimum absolute atomic E-state index is 0.168. The van der Waals surface area contributed by atoms with Crippen molar-refractivity contribution in [3.63, 3.8) is 0 Å². The molecule has 0 aromatic carbocycles. The van der Waals surface area contributed by atoms with Crippen molar-refractivity contribution in [1.82, 2.24) is 10.2 Å². The molecule has 0 bridgehead atoms. The second kappa shape index (κ2) is 7.17. The molecule has 0 fully saturated rings. The molecular weight excluding hydrogens is 180 g/mol. The summed E-state index contributed by atoms with van der Waals surface area (Å²) in [5.41, 5.74) is 0. The fraction of sp³-hybridized carbons (Fsp3) is 1.00. The maximum Gasteiger partial charge on any atom is 0.0791 e. The lowest BCUT2D eigenvalue weighted by molar-refractivity contribution is 0.0767. The molecule has 3 unspecified atom stereocenters. The number of aliphatic hydroxyl groups is 1. The van der Waals surface area contributed by atoms with Gasteiger partial charge in [0, 0.05) is 26.2 Å². The normalized spacial score (nSPS) is 18.2. The Labute approximate surface area is 87.2 Å². The van der Waals surface area contributed by atoms with Gasteiger partial charge in [-0.05, 0) is 27.9 Å². The van der Waals surface area contributed by atoms with Crippen LogP contribution < -0.4 is 5.32 Å². The summed E-state index contributed by atoms with van der Waals surface area (Å²) < 4.78 is 5.17. The summed E-state index contributed by atoms with van der Waals surface area (Å²) in [5.74, 6) is 0. The molecule has 0 aromatic rings. The van der Waals surface area contributed by atoms with Crippen molar-refractivity contribution in [2.75, 3.05) is 34.3 Å².